The molecule has 0 bridgehead atoms. The first kappa shape index (κ1) is 44.3. The van der Waals surface area contributed by atoms with Crippen LogP contribution in [0.3, 0.4) is 0 Å². The second-order valence-corrected chi connectivity index (χ2v) is 14.5. The maximum absolute atomic E-state index is 9.90. The van der Waals surface area contributed by atoms with Crippen LogP contribution in [0.15, 0.2) is 120 Å². The number of aliphatic hydroxyl groups excluding tert-OH is 2. The summed E-state index contributed by atoms with van der Waals surface area (Å²) in [5.41, 5.74) is 13.0. The van der Waals surface area contributed by atoms with Crippen LogP contribution >= 0.6 is 24.8 Å². The molecule has 4 aromatic carbocycles. The van der Waals surface area contributed by atoms with E-state index in [1.807, 2.05) is 60.7 Å². The molecule has 290 valence electrons. The Kier molecular flexibility index (Phi) is 17.8. The van der Waals surface area contributed by atoms with Crippen LogP contribution in [0.5, 0.6) is 11.5 Å². The summed E-state index contributed by atoms with van der Waals surface area (Å²) in [6, 6.07) is 31.2. The van der Waals surface area contributed by atoms with E-state index in [1.165, 1.54) is 27.9 Å². The van der Waals surface area contributed by atoms with Crippen LogP contribution in [0.1, 0.15) is 66.9 Å². The molecule has 0 saturated carbocycles. The highest BCUT2D eigenvalue weighted by molar-refractivity contribution is 5.85. The number of rotatable bonds is 10. The largest absolute Gasteiger partial charge is 0.508 e. The van der Waals surface area contributed by atoms with Crippen LogP contribution in [0.2, 0.25) is 0 Å². The van der Waals surface area contributed by atoms with Gasteiger partial charge in [-0.3, -0.25) is 0 Å². The van der Waals surface area contributed by atoms with E-state index in [0.717, 1.165) is 78.6 Å². The first-order valence-corrected chi connectivity index (χ1v) is 18.2. The molecular formula is C46H58Cl2N2O4. The normalized spacial score (nSPS) is 17.1. The zero-order chi connectivity index (χ0) is 37.0. The number of halogens is 2. The van der Waals surface area contributed by atoms with Gasteiger partial charge in [-0.15, -0.1) is 24.8 Å². The monoisotopic (exact) mass is 772 g/mol. The average Bonchev–Trinajstić information content (AvgIpc) is 3.13. The molecule has 6 rings (SSSR count). The lowest BCUT2D eigenvalue weighted by Crippen LogP contribution is -2.24. The number of phenolic OH excluding ortho intramolecular Hbond substituents is 2. The number of aromatic hydroxyl groups is 2. The number of phenols is 2. The molecule has 0 fully saturated rings. The van der Waals surface area contributed by atoms with Gasteiger partial charge in [0.05, 0.1) is 13.2 Å². The second-order valence-electron chi connectivity index (χ2n) is 14.5. The molecule has 54 heavy (non-hydrogen) atoms. The minimum atomic E-state index is 0. The van der Waals surface area contributed by atoms with Gasteiger partial charge in [0.1, 0.15) is 11.5 Å². The summed E-state index contributed by atoms with van der Waals surface area (Å²) in [7, 11) is 8.40. The van der Waals surface area contributed by atoms with Crippen molar-refractivity contribution in [2.75, 3.05) is 41.3 Å². The summed E-state index contributed by atoms with van der Waals surface area (Å²) in [6.07, 6.45) is 11.8. The number of allylic oxidation sites excluding steroid dienone is 4. The topological polar surface area (TPSA) is 87.4 Å². The molecule has 2 aliphatic rings. The van der Waals surface area contributed by atoms with Gasteiger partial charge >= 0.3 is 0 Å². The summed E-state index contributed by atoms with van der Waals surface area (Å²) in [5.74, 6) is 1.07. The van der Waals surface area contributed by atoms with Gasteiger partial charge in [-0.1, -0.05) is 90.0 Å². The smallest absolute Gasteiger partial charge is 0.116 e. The Balaban J connectivity index is 0.000000360. The predicted octanol–water partition coefficient (Wildman–Crippen LogP) is 9.88. The third-order valence-electron chi connectivity index (χ3n) is 9.60. The van der Waals surface area contributed by atoms with Gasteiger partial charge in [-0.25, -0.2) is 0 Å². The van der Waals surface area contributed by atoms with Crippen LogP contribution in [0, 0.1) is 5.92 Å². The van der Waals surface area contributed by atoms with Crippen LogP contribution < -0.4 is 0 Å². The first-order chi connectivity index (χ1) is 25.1. The number of benzene rings is 4. The molecule has 4 aromatic rings. The first-order valence-electron chi connectivity index (χ1n) is 18.2. The fraction of sp³-hybridized carbons (Fsp3) is 0.304. The van der Waals surface area contributed by atoms with Crippen LogP contribution in [0.4, 0.5) is 0 Å². The van der Waals surface area contributed by atoms with Crippen molar-refractivity contribution in [3.63, 3.8) is 0 Å². The van der Waals surface area contributed by atoms with E-state index in [2.05, 4.69) is 80.5 Å². The highest BCUT2D eigenvalue weighted by atomic mass is 35.5. The average molecular weight is 774 g/mol. The molecule has 2 aliphatic carbocycles. The fourth-order valence-corrected chi connectivity index (χ4v) is 7.23. The Morgan fingerprint density at radius 1 is 0.667 bits per heavy atom. The van der Waals surface area contributed by atoms with Gasteiger partial charge in [0, 0.05) is 14.5 Å². The van der Waals surface area contributed by atoms with E-state index >= 15 is 0 Å². The predicted molar refractivity (Wildman–Crippen MR) is 232 cm³/mol. The van der Waals surface area contributed by atoms with E-state index in [1.54, 1.807) is 12.1 Å². The van der Waals surface area contributed by atoms with Crippen LogP contribution in [0.25, 0.3) is 23.3 Å². The quantitative estimate of drug-likeness (QED) is 0.128. The molecule has 0 aliphatic heterocycles. The van der Waals surface area contributed by atoms with Gasteiger partial charge in [0.2, 0.25) is 0 Å². The van der Waals surface area contributed by atoms with E-state index in [4.69, 9.17) is 0 Å². The minimum absolute atomic E-state index is 0. The Morgan fingerprint density at radius 2 is 1.24 bits per heavy atom. The van der Waals surface area contributed by atoms with Crippen molar-refractivity contribution in [3.8, 4) is 11.5 Å². The number of nitrogens with zero attached hydrogens (tertiary/aromatic N) is 2. The van der Waals surface area contributed by atoms with E-state index in [0.29, 0.717) is 17.4 Å². The van der Waals surface area contributed by atoms with Crippen LogP contribution in [-0.2, 0) is 13.2 Å². The number of likely N-dealkylation sites (N-methyl/N-ethyl adjacent to an activating group) is 1. The number of aliphatic hydroxyl groups is 2. The van der Waals surface area contributed by atoms with E-state index in [-0.39, 0.29) is 39.5 Å². The van der Waals surface area contributed by atoms with Crippen molar-refractivity contribution in [3.05, 3.63) is 153 Å². The number of hydrogen-bond donors (Lipinski definition) is 4. The Bertz CT molecular complexity index is 1950. The molecule has 1 unspecified atom stereocenters. The molecule has 0 heterocycles. The highest BCUT2D eigenvalue weighted by Gasteiger charge is 2.22. The molecule has 4 N–H and O–H groups in total. The molecule has 0 amide bonds. The summed E-state index contributed by atoms with van der Waals surface area (Å²) in [5, 5.41) is 38.5. The van der Waals surface area contributed by atoms with Crippen molar-refractivity contribution in [1.29, 1.82) is 0 Å². The maximum Gasteiger partial charge on any atom is 0.116 e. The van der Waals surface area contributed by atoms with Crippen molar-refractivity contribution in [2.45, 2.75) is 45.3 Å². The molecule has 0 aromatic heterocycles. The van der Waals surface area contributed by atoms with Crippen molar-refractivity contribution in [2.24, 2.45) is 5.92 Å². The molecule has 0 radical (unpaired) electrons. The molecular weight excluding hydrogens is 715 g/mol. The lowest BCUT2D eigenvalue weighted by Gasteiger charge is -2.28. The zero-order valence-electron chi connectivity index (χ0n) is 31.9. The molecule has 0 spiro atoms. The van der Waals surface area contributed by atoms with Gasteiger partial charge in [0.15, 0.2) is 0 Å². The minimum Gasteiger partial charge on any atom is -0.508 e. The fourth-order valence-electron chi connectivity index (χ4n) is 7.23. The van der Waals surface area contributed by atoms with Gasteiger partial charge in [-0.2, -0.15) is 0 Å². The third kappa shape index (κ3) is 13.0. The van der Waals surface area contributed by atoms with E-state index < -0.39 is 0 Å². The zero-order valence-corrected chi connectivity index (χ0v) is 33.5. The van der Waals surface area contributed by atoms with Gasteiger partial charge in [0.25, 0.3) is 0 Å². The van der Waals surface area contributed by atoms with Crippen molar-refractivity contribution >= 4 is 48.1 Å². The third-order valence-corrected chi connectivity index (χ3v) is 9.60. The SMILES string of the molecule is CN(C)CC1=C(c2cccc(O)c2)C/C(=C\c2cccc(CO)c2)CC1.CN(C)CC1CC/C(=C/c2cccc(CO)c2)C=C1c1cccc(O)c1.Cl.Cl.[HH]. The summed E-state index contributed by atoms with van der Waals surface area (Å²) >= 11 is 0. The molecule has 1 atom stereocenters. The Labute approximate surface area is 335 Å². The maximum atomic E-state index is 9.90. The van der Waals surface area contributed by atoms with Gasteiger partial charge in [-0.05, 0) is 153 Å². The number of hydrogen-bond acceptors (Lipinski definition) is 6. The molecule has 0 saturated heterocycles. The highest BCUT2D eigenvalue weighted by Crippen LogP contribution is 2.38. The standard InChI is InChI=1S/2C23H27NO2.2ClH.H2/c2*1-24(2)15-21-10-9-18(11-17-5-3-6-19(12-17)16-25)13-23(21)20-7-4-8-22(26)14-20;;;/h3-8,11-12,14,25-26H,9-10,13,15-16H2,1-2H3;3-8,11-14,21,25-26H,9-10,15-16H2,1-2H3;3*1H/b2*18-11-;;;. The van der Waals surface area contributed by atoms with Crippen LogP contribution in [-0.4, -0.2) is 71.5 Å². The summed E-state index contributed by atoms with van der Waals surface area (Å²) < 4.78 is 0. The Hall–Kier alpha value is -4.14. The van der Waals surface area contributed by atoms with Crippen molar-refractivity contribution < 1.29 is 21.9 Å². The molecule has 6 nitrogen and oxygen atoms in total. The Morgan fingerprint density at radius 3 is 1.81 bits per heavy atom. The summed E-state index contributed by atoms with van der Waals surface area (Å²) in [4.78, 5) is 4.43. The summed E-state index contributed by atoms with van der Waals surface area (Å²) in [6.45, 7) is 2.07. The lowest BCUT2D eigenvalue weighted by molar-refractivity contribution is 0.281. The van der Waals surface area contributed by atoms with E-state index in [9.17, 15) is 20.4 Å². The molecule has 8 heteroatoms. The second kappa shape index (κ2) is 21.7. The van der Waals surface area contributed by atoms with Crippen molar-refractivity contribution in [1.82, 2.24) is 9.80 Å². The van der Waals surface area contributed by atoms with Gasteiger partial charge < -0.3 is 30.2 Å². The lowest BCUT2D eigenvalue weighted by atomic mass is 9.81.